The SMILES string of the molecule is CCC(O)CCC1CCCCC1CC. The highest BCUT2D eigenvalue weighted by atomic mass is 16.3. The van der Waals surface area contributed by atoms with Gasteiger partial charge in [-0.2, -0.15) is 0 Å². The molecule has 14 heavy (non-hydrogen) atoms. The Bertz CT molecular complexity index is 144. The molecule has 0 heterocycles. The summed E-state index contributed by atoms with van der Waals surface area (Å²) in [5.41, 5.74) is 0. The van der Waals surface area contributed by atoms with Gasteiger partial charge in [0.15, 0.2) is 0 Å². The van der Waals surface area contributed by atoms with Crippen LogP contribution in [0, 0.1) is 11.8 Å². The van der Waals surface area contributed by atoms with Crippen molar-refractivity contribution in [3.05, 3.63) is 0 Å². The lowest BCUT2D eigenvalue weighted by Crippen LogP contribution is -2.20. The van der Waals surface area contributed by atoms with Gasteiger partial charge in [-0.3, -0.25) is 0 Å². The molecule has 1 fully saturated rings. The fourth-order valence-electron chi connectivity index (χ4n) is 2.81. The van der Waals surface area contributed by atoms with Crippen molar-refractivity contribution in [2.24, 2.45) is 11.8 Å². The van der Waals surface area contributed by atoms with Crippen LogP contribution in [0.5, 0.6) is 0 Å². The maximum Gasteiger partial charge on any atom is 0.0537 e. The van der Waals surface area contributed by atoms with E-state index >= 15 is 0 Å². The average molecular weight is 198 g/mol. The smallest absolute Gasteiger partial charge is 0.0537 e. The van der Waals surface area contributed by atoms with Gasteiger partial charge >= 0.3 is 0 Å². The van der Waals surface area contributed by atoms with E-state index in [1.165, 1.54) is 38.5 Å². The molecule has 3 unspecified atom stereocenters. The monoisotopic (exact) mass is 198 g/mol. The third kappa shape index (κ3) is 3.61. The molecule has 0 aromatic carbocycles. The van der Waals surface area contributed by atoms with Crippen molar-refractivity contribution >= 4 is 0 Å². The van der Waals surface area contributed by atoms with Gasteiger partial charge in [0.25, 0.3) is 0 Å². The molecule has 0 spiro atoms. The van der Waals surface area contributed by atoms with Crippen LogP contribution in [-0.2, 0) is 0 Å². The Kier molecular flexibility index (Phi) is 5.54. The molecule has 1 heteroatoms. The zero-order chi connectivity index (χ0) is 10.4. The molecule has 0 radical (unpaired) electrons. The molecule has 1 saturated carbocycles. The van der Waals surface area contributed by atoms with Crippen LogP contribution in [0.3, 0.4) is 0 Å². The molecule has 0 saturated heterocycles. The molecule has 1 aliphatic rings. The van der Waals surface area contributed by atoms with Crippen LogP contribution in [0.2, 0.25) is 0 Å². The van der Waals surface area contributed by atoms with Gasteiger partial charge in [-0.1, -0.05) is 46.0 Å². The van der Waals surface area contributed by atoms with E-state index in [9.17, 15) is 5.11 Å². The third-order valence-corrected chi connectivity index (χ3v) is 3.93. The summed E-state index contributed by atoms with van der Waals surface area (Å²) in [7, 11) is 0. The highest BCUT2D eigenvalue weighted by Gasteiger charge is 2.23. The molecule has 0 amide bonds. The van der Waals surface area contributed by atoms with E-state index in [-0.39, 0.29) is 6.10 Å². The van der Waals surface area contributed by atoms with E-state index < -0.39 is 0 Å². The Labute approximate surface area is 88.9 Å². The lowest BCUT2D eigenvalue weighted by molar-refractivity contribution is 0.130. The van der Waals surface area contributed by atoms with Gasteiger partial charge in [0, 0.05) is 0 Å². The van der Waals surface area contributed by atoms with Crippen LogP contribution in [-0.4, -0.2) is 11.2 Å². The Hall–Kier alpha value is -0.0400. The van der Waals surface area contributed by atoms with E-state index in [0.717, 1.165) is 24.7 Å². The minimum absolute atomic E-state index is 0.0468. The molecular weight excluding hydrogens is 172 g/mol. The number of hydrogen-bond acceptors (Lipinski definition) is 1. The highest BCUT2D eigenvalue weighted by Crippen LogP contribution is 2.35. The van der Waals surface area contributed by atoms with Crippen molar-refractivity contribution in [2.75, 3.05) is 0 Å². The minimum Gasteiger partial charge on any atom is -0.393 e. The van der Waals surface area contributed by atoms with Gasteiger partial charge in [-0.15, -0.1) is 0 Å². The number of aliphatic hydroxyl groups is 1. The normalized spacial score (nSPS) is 30.2. The molecule has 0 aromatic heterocycles. The fraction of sp³-hybridized carbons (Fsp3) is 1.00. The van der Waals surface area contributed by atoms with Gasteiger partial charge < -0.3 is 5.11 Å². The van der Waals surface area contributed by atoms with Crippen molar-refractivity contribution < 1.29 is 5.11 Å². The van der Waals surface area contributed by atoms with Crippen LogP contribution in [0.1, 0.15) is 65.2 Å². The van der Waals surface area contributed by atoms with E-state index in [0.29, 0.717) is 0 Å². The Balaban J connectivity index is 2.26. The first-order chi connectivity index (χ1) is 6.77. The first kappa shape index (κ1) is 12.0. The number of aliphatic hydroxyl groups excluding tert-OH is 1. The predicted octanol–water partition coefficient (Wildman–Crippen LogP) is 3.75. The Morgan fingerprint density at radius 2 is 1.79 bits per heavy atom. The largest absolute Gasteiger partial charge is 0.393 e. The minimum atomic E-state index is -0.0468. The maximum absolute atomic E-state index is 9.55. The first-order valence-corrected chi connectivity index (χ1v) is 6.46. The summed E-state index contributed by atoms with van der Waals surface area (Å²) in [5, 5.41) is 9.55. The molecule has 0 bridgehead atoms. The Morgan fingerprint density at radius 3 is 2.36 bits per heavy atom. The van der Waals surface area contributed by atoms with E-state index in [2.05, 4.69) is 13.8 Å². The topological polar surface area (TPSA) is 20.2 Å². The van der Waals surface area contributed by atoms with Crippen molar-refractivity contribution in [3.8, 4) is 0 Å². The van der Waals surface area contributed by atoms with Crippen molar-refractivity contribution in [1.82, 2.24) is 0 Å². The standard InChI is InChI=1S/C13H26O/c1-3-11-7-5-6-8-12(11)9-10-13(14)4-2/h11-14H,3-10H2,1-2H3. The van der Waals surface area contributed by atoms with Gasteiger partial charge in [-0.25, -0.2) is 0 Å². The highest BCUT2D eigenvalue weighted by molar-refractivity contribution is 4.75. The van der Waals surface area contributed by atoms with Gasteiger partial charge in [0.05, 0.1) is 6.10 Å². The summed E-state index contributed by atoms with van der Waals surface area (Å²) in [6.45, 7) is 4.39. The van der Waals surface area contributed by atoms with E-state index in [4.69, 9.17) is 0 Å². The number of rotatable bonds is 5. The first-order valence-electron chi connectivity index (χ1n) is 6.46. The van der Waals surface area contributed by atoms with Gasteiger partial charge in [-0.05, 0) is 31.1 Å². The zero-order valence-corrected chi connectivity index (χ0v) is 9.84. The van der Waals surface area contributed by atoms with E-state index in [1.807, 2.05) is 0 Å². The van der Waals surface area contributed by atoms with Gasteiger partial charge in [0.2, 0.25) is 0 Å². The van der Waals surface area contributed by atoms with Crippen LogP contribution in [0.25, 0.3) is 0 Å². The summed E-state index contributed by atoms with van der Waals surface area (Å²) in [6, 6.07) is 0. The van der Waals surface area contributed by atoms with Crippen molar-refractivity contribution in [3.63, 3.8) is 0 Å². The third-order valence-electron chi connectivity index (χ3n) is 3.93. The second kappa shape index (κ2) is 6.44. The summed E-state index contributed by atoms with van der Waals surface area (Å²) in [5.74, 6) is 1.86. The lowest BCUT2D eigenvalue weighted by Gasteiger charge is -2.31. The zero-order valence-electron chi connectivity index (χ0n) is 9.84. The summed E-state index contributed by atoms with van der Waals surface area (Å²) < 4.78 is 0. The molecule has 1 rings (SSSR count). The summed E-state index contributed by atoms with van der Waals surface area (Å²) in [4.78, 5) is 0. The second-order valence-corrected chi connectivity index (χ2v) is 4.85. The van der Waals surface area contributed by atoms with Gasteiger partial charge in [0.1, 0.15) is 0 Å². The van der Waals surface area contributed by atoms with Crippen LogP contribution < -0.4 is 0 Å². The lowest BCUT2D eigenvalue weighted by atomic mass is 9.75. The number of hydrogen-bond donors (Lipinski definition) is 1. The van der Waals surface area contributed by atoms with Crippen LogP contribution in [0.4, 0.5) is 0 Å². The quantitative estimate of drug-likeness (QED) is 0.713. The molecule has 1 nitrogen and oxygen atoms in total. The predicted molar refractivity (Wildman–Crippen MR) is 61.3 cm³/mol. The molecule has 1 N–H and O–H groups in total. The molecule has 84 valence electrons. The van der Waals surface area contributed by atoms with Crippen molar-refractivity contribution in [2.45, 2.75) is 71.3 Å². The van der Waals surface area contributed by atoms with Crippen molar-refractivity contribution in [1.29, 1.82) is 0 Å². The second-order valence-electron chi connectivity index (χ2n) is 4.85. The maximum atomic E-state index is 9.55. The van der Waals surface area contributed by atoms with Crippen LogP contribution in [0.15, 0.2) is 0 Å². The summed E-state index contributed by atoms with van der Waals surface area (Å²) >= 11 is 0. The molecule has 3 atom stereocenters. The van der Waals surface area contributed by atoms with Crippen LogP contribution >= 0.6 is 0 Å². The fourth-order valence-corrected chi connectivity index (χ4v) is 2.81. The molecule has 0 aliphatic heterocycles. The Morgan fingerprint density at radius 1 is 1.14 bits per heavy atom. The average Bonchev–Trinajstić information content (AvgIpc) is 2.26. The van der Waals surface area contributed by atoms with E-state index in [1.54, 1.807) is 0 Å². The molecule has 1 aliphatic carbocycles. The summed E-state index contributed by atoms with van der Waals surface area (Å²) in [6.07, 6.45) is 10.2. The molecule has 0 aromatic rings. The molecular formula is C13H26O.